The first-order valence-electron chi connectivity index (χ1n) is 5.73. The van der Waals surface area contributed by atoms with Gasteiger partial charge in [-0.2, -0.15) is 0 Å². The molecule has 0 N–H and O–H groups in total. The molecule has 1 aliphatic heterocycles. The average molecular weight is 268 g/mol. The Kier molecular flexibility index (Phi) is 6.40. The van der Waals surface area contributed by atoms with Crippen molar-refractivity contribution in [1.82, 2.24) is 0 Å². The van der Waals surface area contributed by atoms with Gasteiger partial charge in [0.2, 0.25) is 0 Å². The number of aliphatic imine (C=N–C) groups is 1. The third kappa shape index (κ3) is 5.46. The summed E-state index contributed by atoms with van der Waals surface area (Å²) in [7, 11) is 0. The smallest absolute Gasteiger partial charge is 0.160 e. The van der Waals surface area contributed by atoms with Gasteiger partial charge < -0.3 is 0 Å². The predicted octanol–water partition coefficient (Wildman–Crippen LogP) is 5.01. The van der Waals surface area contributed by atoms with E-state index in [9.17, 15) is 0 Å². The summed E-state index contributed by atoms with van der Waals surface area (Å²) in [6, 6.07) is 0. The van der Waals surface area contributed by atoms with E-state index in [1.165, 1.54) is 38.5 Å². The molecule has 15 heavy (non-hydrogen) atoms. The number of alkyl halides is 1. The minimum Gasteiger partial charge on any atom is -0.243 e. The molecule has 0 aromatic carbocycles. The van der Waals surface area contributed by atoms with Gasteiger partial charge in [-0.15, -0.1) is 0 Å². The van der Waals surface area contributed by atoms with Crippen LogP contribution in [0.1, 0.15) is 51.9 Å². The van der Waals surface area contributed by atoms with E-state index in [-0.39, 0.29) is 0 Å². The van der Waals surface area contributed by atoms with E-state index in [4.69, 9.17) is 23.2 Å². The van der Waals surface area contributed by atoms with E-state index < -0.39 is 5.00 Å². The number of rotatable bonds is 7. The number of nitrogens with zero attached hydrogens (tertiary/aromatic N) is 1. The molecule has 1 atom stereocenters. The van der Waals surface area contributed by atoms with E-state index in [1.54, 1.807) is 11.8 Å². The van der Waals surface area contributed by atoms with Gasteiger partial charge in [0.25, 0.3) is 0 Å². The van der Waals surface area contributed by atoms with Gasteiger partial charge in [-0.25, -0.2) is 4.99 Å². The molecule has 1 heterocycles. The molecular formula is C11H19Cl2NS. The Morgan fingerprint density at radius 1 is 1.27 bits per heavy atom. The van der Waals surface area contributed by atoms with Crippen molar-refractivity contribution < 1.29 is 0 Å². The van der Waals surface area contributed by atoms with Crippen LogP contribution in [0.4, 0.5) is 0 Å². The normalized spacial score (nSPS) is 25.7. The third-order valence-corrected chi connectivity index (χ3v) is 4.54. The summed E-state index contributed by atoms with van der Waals surface area (Å²) in [6.45, 7) is 2.24. The Morgan fingerprint density at radius 3 is 2.53 bits per heavy atom. The average Bonchev–Trinajstić information content (AvgIpc) is 2.53. The molecule has 0 saturated heterocycles. The molecule has 1 rings (SSSR count). The SMILES string of the molecule is CCCCCCCCC1(Cl)CSC(Cl)=N1. The van der Waals surface area contributed by atoms with Crippen LogP contribution in [-0.4, -0.2) is 15.3 Å². The van der Waals surface area contributed by atoms with Crippen molar-refractivity contribution in [2.45, 2.75) is 56.9 Å². The molecule has 1 nitrogen and oxygen atoms in total. The van der Waals surface area contributed by atoms with Crippen molar-refractivity contribution in [2.24, 2.45) is 4.99 Å². The summed E-state index contributed by atoms with van der Waals surface area (Å²) < 4.78 is 0.621. The van der Waals surface area contributed by atoms with Gasteiger partial charge in [0, 0.05) is 5.75 Å². The molecule has 88 valence electrons. The van der Waals surface area contributed by atoms with Crippen LogP contribution >= 0.6 is 35.0 Å². The minimum atomic E-state index is -0.396. The van der Waals surface area contributed by atoms with Gasteiger partial charge in [-0.1, -0.05) is 74.0 Å². The number of halogens is 2. The Hall–Kier alpha value is 0.600. The lowest BCUT2D eigenvalue weighted by Crippen LogP contribution is -2.17. The van der Waals surface area contributed by atoms with Crippen molar-refractivity contribution in [3.05, 3.63) is 0 Å². The highest BCUT2D eigenvalue weighted by Gasteiger charge is 2.31. The zero-order valence-electron chi connectivity index (χ0n) is 9.27. The molecule has 1 aliphatic rings. The molecule has 1 unspecified atom stereocenters. The maximum Gasteiger partial charge on any atom is 0.160 e. The van der Waals surface area contributed by atoms with Crippen LogP contribution in [0.25, 0.3) is 0 Å². The van der Waals surface area contributed by atoms with Gasteiger partial charge in [-0.3, -0.25) is 0 Å². The lowest BCUT2D eigenvalue weighted by molar-refractivity contribution is 0.533. The van der Waals surface area contributed by atoms with Gasteiger partial charge in [0.15, 0.2) is 4.50 Å². The van der Waals surface area contributed by atoms with Gasteiger partial charge in [0.05, 0.1) is 0 Å². The molecule has 0 saturated carbocycles. The second-order valence-corrected chi connectivity index (χ2v) is 6.34. The van der Waals surface area contributed by atoms with Gasteiger partial charge >= 0.3 is 0 Å². The third-order valence-electron chi connectivity index (χ3n) is 2.61. The zero-order valence-corrected chi connectivity index (χ0v) is 11.6. The van der Waals surface area contributed by atoms with Crippen LogP contribution in [0.3, 0.4) is 0 Å². The molecule has 0 aliphatic carbocycles. The molecule has 0 fully saturated rings. The van der Waals surface area contributed by atoms with Crippen LogP contribution in [0.2, 0.25) is 0 Å². The first-order valence-corrected chi connectivity index (χ1v) is 7.47. The maximum atomic E-state index is 6.31. The maximum absolute atomic E-state index is 6.31. The van der Waals surface area contributed by atoms with Crippen LogP contribution in [0, 0.1) is 0 Å². The topological polar surface area (TPSA) is 12.4 Å². The molecule has 0 amide bonds. The van der Waals surface area contributed by atoms with Crippen LogP contribution in [-0.2, 0) is 0 Å². The van der Waals surface area contributed by atoms with Crippen molar-refractivity contribution in [2.75, 3.05) is 5.75 Å². The van der Waals surface area contributed by atoms with Crippen LogP contribution in [0.5, 0.6) is 0 Å². The lowest BCUT2D eigenvalue weighted by Gasteiger charge is -2.16. The Balaban J connectivity index is 2.05. The second-order valence-electron chi connectivity index (χ2n) is 4.09. The lowest BCUT2D eigenvalue weighted by atomic mass is 10.1. The predicted molar refractivity (Wildman–Crippen MR) is 72.3 cm³/mol. The fourth-order valence-electron chi connectivity index (χ4n) is 1.70. The zero-order chi connectivity index (χ0) is 11.1. The van der Waals surface area contributed by atoms with E-state index >= 15 is 0 Å². The Morgan fingerprint density at radius 2 is 1.93 bits per heavy atom. The summed E-state index contributed by atoms with van der Waals surface area (Å²) in [6.07, 6.45) is 8.73. The molecule has 0 bridgehead atoms. The molecule has 0 aromatic heterocycles. The summed E-state index contributed by atoms with van der Waals surface area (Å²) >= 11 is 13.7. The largest absolute Gasteiger partial charge is 0.243 e. The summed E-state index contributed by atoms with van der Waals surface area (Å²) in [5.41, 5.74) is 0. The molecule has 0 aromatic rings. The highest BCUT2D eigenvalue weighted by atomic mass is 35.5. The first kappa shape index (κ1) is 13.7. The van der Waals surface area contributed by atoms with Crippen molar-refractivity contribution in [1.29, 1.82) is 0 Å². The summed E-state index contributed by atoms with van der Waals surface area (Å²) in [4.78, 5) is 3.87. The van der Waals surface area contributed by atoms with Gasteiger partial charge in [-0.05, 0) is 12.8 Å². The Labute approximate surface area is 107 Å². The highest BCUT2D eigenvalue weighted by molar-refractivity contribution is 8.17. The molecule has 4 heteroatoms. The fraction of sp³-hybridized carbons (Fsp3) is 0.909. The summed E-state index contributed by atoms with van der Waals surface area (Å²) in [5, 5.41) is 0. The van der Waals surface area contributed by atoms with Crippen molar-refractivity contribution in [3.8, 4) is 0 Å². The van der Waals surface area contributed by atoms with E-state index in [0.29, 0.717) is 4.50 Å². The van der Waals surface area contributed by atoms with Crippen LogP contribution in [0.15, 0.2) is 4.99 Å². The second kappa shape index (κ2) is 7.03. The van der Waals surface area contributed by atoms with Crippen molar-refractivity contribution >= 4 is 39.5 Å². The standard InChI is InChI=1S/C11H19Cl2NS/c1-2-3-4-5-6-7-8-11(13)9-15-10(12)14-11/h2-9H2,1H3. The van der Waals surface area contributed by atoms with Gasteiger partial charge in [0.1, 0.15) is 5.00 Å². The van der Waals surface area contributed by atoms with Crippen LogP contribution < -0.4 is 0 Å². The van der Waals surface area contributed by atoms with E-state index in [1.807, 2.05) is 0 Å². The quantitative estimate of drug-likeness (QED) is 0.359. The highest BCUT2D eigenvalue weighted by Crippen LogP contribution is 2.37. The first-order chi connectivity index (χ1) is 7.16. The fourth-order valence-corrected chi connectivity index (χ4v) is 3.29. The molecular weight excluding hydrogens is 249 g/mol. The van der Waals surface area contributed by atoms with E-state index in [0.717, 1.165) is 12.2 Å². The number of hydrogen-bond donors (Lipinski definition) is 0. The Bertz CT molecular complexity index is 221. The molecule has 0 radical (unpaired) electrons. The monoisotopic (exact) mass is 267 g/mol. The van der Waals surface area contributed by atoms with E-state index in [2.05, 4.69) is 11.9 Å². The minimum absolute atomic E-state index is 0.396. The number of unbranched alkanes of at least 4 members (excludes halogenated alkanes) is 5. The number of thioether (sulfide) groups is 1. The summed E-state index contributed by atoms with van der Waals surface area (Å²) in [5.74, 6) is 0.836. The molecule has 0 spiro atoms. The number of hydrogen-bond acceptors (Lipinski definition) is 2. The van der Waals surface area contributed by atoms with Crippen molar-refractivity contribution in [3.63, 3.8) is 0 Å².